The molecule has 0 N–H and O–H groups in total. The van der Waals surface area contributed by atoms with Crippen LogP contribution in [-0.4, -0.2) is 54.2 Å². The summed E-state index contributed by atoms with van der Waals surface area (Å²) in [6.45, 7) is 7.94. The minimum absolute atomic E-state index is 0.120. The minimum atomic E-state index is -0.120. The number of carbonyl (C=O) groups excluding carboxylic acids is 1. The summed E-state index contributed by atoms with van der Waals surface area (Å²) in [7, 11) is 0. The number of nitrogens with zero attached hydrogens (tertiary/aromatic N) is 2. The molecule has 2 heterocycles. The molecule has 15 heavy (non-hydrogen) atoms. The Kier molecular flexibility index (Phi) is 3.14. The molecule has 0 spiro atoms. The number of piperidine rings is 1. The van der Waals surface area contributed by atoms with Crippen molar-refractivity contribution in [1.82, 2.24) is 9.80 Å². The smallest absolute Gasteiger partial charge is 0.410 e. The van der Waals surface area contributed by atoms with E-state index in [4.69, 9.17) is 4.74 Å². The molecule has 86 valence electrons. The first kappa shape index (κ1) is 10.7. The maximum Gasteiger partial charge on any atom is 0.410 e. The predicted octanol–water partition coefficient (Wildman–Crippen LogP) is 1.31. The van der Waals surface area contributed by atoms with Crippen molar-refractivity contribution in [2.45, 2.75) is 38.8 Å². The molecule has 2 aliphatic rings. The van der Waals surface area contributed by atoms with Gasteiger partial charge in [-0.3, -0.25) is 4.90 Å². The third kappa shape index (κ3) is 2.25. The first-order valence-electron chi connectivity index (χ1n) is 5.86. The number of amides is 1. The lowest BCUT2D eigenvalue weighted by atomic mass is 10.0. The van der Waals surface area contributed by atoms with Crippen LogP contribution in [-0.2, 0) is 4.74 Å². The third-order valence-corrected chi connectivity index (χ3v) is 3.39. The van der Waals surface area contributed by atoms with E-state index < -0.39 is 0 Å². The third-order valence-electron chi connectivity index (χ3n) is 3.39. The maximum atomic E-state index is 11.4. The van der Waals surface area contributed by atoms with Gasteiger partial charge in [-0.2, -0.15) is 0 Å². The van der Waals surface area contributed by atoms with Crippen LogP contribution in [0.1, 0.15) is 26.7 Å². The first-order chi connectivity index (χ1) is 7.18. The summed E-state index contributed by atoms with van der Waals surface area (Å²) in [6.07, 6.45) is 2.19. The fourth-order valence-electron chi connectivity index (χ4n) is 2.44. The SMILES string of the molecule is CC(C)N1CCC[C@@H](N2CCOC2=O)C1. The van der Waals surface area contributed by atoms with Gasteiger partial charge in [0.05, 0.1) is 6.54 Å². The number of hydrogen-bond acceptors (Lipinski definition) is 3. The monoisotopic (exact) mass is 212 g/mol. The highest BCUT2D eigenvalue weighted by Gasteiger charge is 2.33. The summed E-state index contributed by atoms with van der Waals surface area (Å²) in [5.74, 6) is 0. The number of hydrogen-bond donors (Lipinski definition) is 0. The molecule has 0 aliphatic carbocycles. The average molecular weight is 212 g/mol. The maximum absolute atomic E-state index is 11.4. The molecular weight excluding hydrogens is 192 g/mol. The van der Waals surface area contributed by atoms with Gasteiger partial charge in [0, 0.05) is 18.6 Å². The van der Waals surface area contributed by atoms with Crippen molar-refractivity contribution in [3.8, 4) is 0 Å². The van der Waals surface area contributed by atoms with Crippen molar-refractivity contribution in [2.75, 3.05) is 26.2 Å². The summed E-state index contributed by atoms with van der Waals surface area (Å²) in [5.41, 5.74) is 0. The second-order valence-corrected chi connectivity index (χ2v) is 4.69. The molecule has 0 radical (unpaired) electrons. The van der Waals surface area contributed by atoms with Crippen LogP contribution in [0, 0.1) is 0 Å². The first-order valence-corrected chi connectivity index (χ1v) is 5.86. The van der Waals surface area contributed by atoms with Gasteiger partial charge >= 0.3 is 6.09 Å². The minimum Gasteiger partial charge on any atom is -0.448 e. The van der Waals surface area contributed by atoms with Crippen molar-refractivity contribution >= 4 is 6.09 Å². The quantitative estimate of drug-likeness (QED) is 0.692. The van der Waals surface area contributed by atoms with E-state index in [9.17, 15) is 4.79 Å². The topological polar surface area (TPSA) is 32.8 Å². The Morgan fingerprint density at radius 1 is 1.40 bits per heavy atom. The van der Waals surface area contributed by atoms with E-state index in [1.165, 1.54) is 6.42 Å². The molecule has 2 aliphatic heterocycles. The highest BCUT2D eigenvalue weighted by atomic mass is 16.6. The lowest BCUT2D eigenvalue weighted by Gasteiger charge is -2.38. The zero-order chi connectivity index (χ0) is 10.8. The number of likely N-dealkylation sites (tertiary alicyclic amines) is 1. The molecule has 2 rings (SSSR count). The Hall–Kier alpha value is -0.770. The van der Waals surface area contributed by atoms with Gasteiger partial charge in [0.15, 0.2) is 0 Å². The van der Waals surface area contributed by atoms with E-state index in [2.05, 4.69) is 18.7 Å². The highest BCUT2D eigenvalue weighted by Crippen LogP contribution is 2.20. The van der Waals surface area contributed by atoms with Crippen LogP contribution in [0.5, 0.6) is 0 Å². The Morgan fingerprint density at radius 2 is 2.20 bits per heavy atom. The number of ether oxygens (including phenoxy) is 1. The van der Waals surface area contributed by atoms with E-state index >= 15 is 0 Å². The van der Waals surface area contributed by atoms with Crippen molar-refractivity contribution in [1.29, 1.82) is 0 Å². The lowest BCUT2D eigenvalue weighted by molar-refractivity contribution is 0.0956. The second-order valence-electron chi connectivity index (χ2n) is 4.69. The molecule has 2 fully saturated rings. The van der Waals surface area contributed by atoms with E-state index in [0.29, 0.717) is 18.7 Å². The number of carbonyl (C=O) groups is 1. The molecule has 0 bridgehead atoms. The zero-order valence-electron chi connectivity index (χ0n) is 9.61. The lowest BCUT2D eigenvalue weighted by Crippen LogP contribution is -2.50. The standard InChI is InChI=1S/C11H20N2O2/c1-9(2)12-5-3-4-10(8-12)13-6-7-15-11(13)14/h9-10H,3-8H2,1-2H3/t10-/m1/s1. The summed E-state index contributed by atoms with van der Waals surface area (Å²) >= 11 is 0. The molecular formula is C11H20N2O2. The molecule has 1 atom stereocenters. The van der Waals surface area contributed by atoms with Crippen LogP contribution in [0.15, 0.2) is 0 Å². The summed E-state index contributed by atoms with van der Waals surface area (Å²) in [6, 6.07) is 0.947. The normalized spacial score (nSPS) is 28.6. The van der Waals surface area contributed by atoms with Gasteiger partial charge < -0.3 is 9.64 Å². The molecule has 1 amide bonds. The molecule has 0 aromatic carbocycles. The largest absolute Gasteiger partial charge is 0.448 e. The summed E-state index contributed by atoms with van der Waals surface area (Å²) in [5, 5.41) is 0. The molecule has 0 saturated carbocycles. The molecule has 2 saturated heterocycles. The molecule has 0 aromatic rings. The van der Waals surface area contributed by atoms with Gasteiger partial charge in [0.25, 0.3) is 0 Å². The van der Waals surface area contributed by atoms with Crippen LogP contribution in [0.25, 0.3) is 0 Å². The number of cyclic esters (lactones) is 1. The second kappa shape index (κ2) is 4.39. The van der Waals surface area contributed by atoms with Crippen LogP contribution in [0.2, 0.25) is 0 Å². The molecule has 0 unspecified atom stereocenters. The average Bonchev–Trinajstić information content (AvgIpc) is 2.64. The van der Waals surface area contributed by atoms with Crippen molar-refractivity contribution in [2.24, 2.45) is 0 Å². The van der Waals surface area contributed by atoms with Crippen molar-refractivity contribution < 1.29 is 9.53 Å². The van der Waals surface area contributed by atoms with Gasteiger partial charge in [-0.1, -0.05) is 0 Å². The highest BCUT2D eigenvalue weighted by molar-refractivity contribution is 5.69. The van der Waals surface area contributed by atoms with Crippen LogP contribution in [0.4, 0.5) is 4.79 Å². The van der Waals surface area contributed by atoms with Crippen molar-refractivity contribution in [3.63, 3.8) is 0 Å². The zero-order valence-corrected chi connectivity index (χ0v) is 9.61. The Labute approximate surface area is 91.2 Å². The van der Waals surface area contributed by atoms with Crippen molar-refractivity contribution in [3.05, 3.63) is 0 Å². The molecule has 0 aromatic heterocycles. The van der Waals surface area contributed by atoms with E-state index in [1.54, 1.807) is 0 Å². The summed E-state index contributed by atoms with van der Waals surface area (Å²) < 4.78 is 4.98. The molecule has 4 heteroatoms. The Bertz CT molecular complexity index is 243. The van der Waals surface area contributed by atoms with E-state index in [0.717, 1.165) is 26.1 Å². The van der Waals surface area contributed by atoms with E-state index in [-0.39, 0.29) is 6.09 Å². The van der Waals surface area contributed by atoms with E-state index in [1.807, 2.05) is 4.90 Å². The van der Waals surface area contributed by atoms with Crippen LogP contribution >= 0.6 is 0 Å². The Morgan fingerprint density at radius 3 is 2.80 bits per heavy atom. The van der Waals surface area contributed by atoms with Gasteiger partial charge in [0.2, 0.25) is 0 Å². The van der Waals surface area contributed by atoms with Crippen LogP contribution in [0.3, 0.4) is 0 Å². The van der Waals surface area contributed by atoms with Gasteiger partial charge in [-0.05, 0) is 33.2 Å². The Balaban J connectivity index is 1.94. The van der Waals surface area contributed by atoms with Crippen LogP contribution < -0.4 is 0 Å². The fraction of sp³-hybridized carbons (Fsp3) is 0.909. The fourth-order valence-corrected chi connectivity index (χ4v) is 2.44. The predicted molar refractivity (Wildman–Crippen MR) is 57.8 cm³/mol. The van der Waals surface area contributed by atoms with Gasteiger partial charge in [-0.15, -0.1) is 0 Å². The van der Waals surface area contributed by atoms with Gasteiger partial charge in [-0.25, -0.2) is 4.79 Å². The van der Waals surface area contributed by atoms with Gasteiger partial charge in [0.1, 0.15) is 6.61 Å². The molecule has 4 nitrogen and oxygen atoms in total. The summed E-state index contributed by atoms with van der Waals surface area (Å²) in [4.78, 5) is 15.8. The number of rotatable bonds is 2.